The molecule has 1 saturated carbocycles. The maximum absolute atomic E-state index is 11.7. The maximum Gasteiger partial charge on any atom is 0.258 e. The van der Waals surface area contributed by atoms with Crippen LogP contribution in [0.15, 0.2) is 29.3 Å². The van der Waals surface area contributed by atoms with Crippen molar-refractivity contribution >= 4 is 23.6 Å². The highest BCUT2D eigenvalue weighted by Gasteiger charge is 2.28. The molecule has 7 heteroatoms. The summed E-state index contributed by atoms with van der Waals surface area (Å²) in [6.45, 7) is 10.5. The Morgan fingerprint density at radius 1 is 1.31 bits per heavy atom. The van der Waals surface area contributed by atoms with Crippen molar-refractivity contribution in [1.82, 2.24) is 15.5 Å². The van der Waals surface area contributed by atoms with Gasteiger partial charge in [-0.15, -0.1) is 0 Å². The summed E-state index contributed by atoms with van der Waals surface area (Å²) in [4.78, 5) is 18.9. The number of nitrogens with one attached hydrogen (secondary N) is 2. The number of carbonyl (C=O) groups excluding carboxylic acids is 1. The summed E-state index contributed by atoms with van der Waals surface area (Å²) in [5.74, 6) is 2.84. The zero-order valence-electron chi connectivity index (χ0n) is 17.9. The van der Waals surface area contributed by atoms with Gasteiger partial charge in [0.2, 0.25) is 0 Å². The van der Waals surface area contributed by atoms with Gasteiger partial charge in [0.1, 0.15) is 5.75 Å². The number of benzene rings is 1. The fraction of sp³-hybridized carbons (Fsp3) is 0.636. The number of amides is 1. The quantitative estimate of drug-likeness (QED) is 0.502. The summed E-state index contributed by atoms with van der Waals surface area (Å²) in [7, 11) is 0. The molecule has 1 saturated heterocycles. The van der Waals surface area contributed by atoms with Gasteiger partial charge in [0.15, 0.2) is 12.6 Å². The lowest BCUT2D eigenvalue weighted by atomic mass is 10.1. The zero-order chi connectivity index (χ0) is 20.7. The topological polar surface area (TPSA) is 66.0 Å². The van der Waals surface area contributed by atoms with Crippen LogP contribution in [-0.2, 0) is 11.2 Å². The lowest BCUT2D eigenvalue weighted by Gasteiger charge is -2.39. The van der Waals surface area contributed by atoms with Crippen molar-refractivity contribution in [2.45, 2.75) is 50.8 Å². The molecule has 3 rings (SSSR count). The van der Waals surface area contributed by atoms with Crippen molar-refractivity contribution in [3.8, 4) is 5.75 Å². The highest BCUT2D eigenvalue weighted by Crippen LogP contribution is 2.29. The number of ether oxygens (including phenoxy) is 1. The van der Waals surface area contributed by atoms with Gasteiger partial charge in [-0.1, -0.05) is 12.1 Å². The van der Waals surface area contributed by atoms with E-state index < -0.39 is 0 Å². The van der Waals surface area contributed by atoms with E-state index in [0.29, 0.717) is 6.04 Å². The van der Waals surface area contributed by atoms with Gasteiger partial charge in [-0.25, -0.2) is 0 Å². The van der Waals surface area contributed by atoms with E-state index in [1.54, 1.807) is 0 Å². The van der Waals surface area contributed by atoms with Crippen LogP contribution in [0.25, 0.3) is 0 Å². The molecular formula is C22H34N4O2S. The van der Waals surface area contributed by atoms with Crippen LogP contribution in [0.4, 0.5) is 0 Å². The van der Waals surface area contributed by atoms with Crippen LogP contribution in [-0.4, -0.2) is 66.1 Å². The average molecular weight is 419 g/mol. The molecule has 160 valence electrons. The van der Waals surface area contributed by atoms with Crippen LogP contribution in [0.5, 0.6) is 5.75 Å². The monoisotopic (exact) mass is 418 g/mol. The highest BCUT2D eigenvalue weighted by atomic mass is 32.2. The number of hydrogen-bond donors (Lipinski definition) is 2. The van der Waals surface area contributed by atoms with E-state index in [0.717, 1.165) is 62.9 Å². The van der Waals surface area contributed by atoms with Gasteiger partial charge in [-0.3, -0.25) is 9.79 Å². The number of carbonyl (C=O) groups is 1. The Labute approximate surface area is 178 Å². The molecule has 2 N–H and O–H groups in total. The number of aliphatic imine (C=N–C) groups is 1. The molecule has 0 spiro atoms. The number of hydrogen-bond acceptors (Lipinski definition) is 4. The largest absolute Gasteiger partial charge is 0.484 e. The van der Waals surface area contributed by atoms with E-state index in [4.69, 9.17) is 9.73 Å². The number of rotatable bonds is 8. The molecule has 2 fully saturated rings. The molecular weight excluding hydrogens is 384 g/mol. The van der Waals surface area contributed by atoms with Crippen molar-refractivity contribution in [2.75, 3.05) is 38.5 Å². The average Bonchev–Trinajstić information content (AvgIpc) is 3.50. The third-order valence-electron chi connectivity index (χ3n) is 4.96. The third-order valence-corrected chi connectivity index (χ3v) is 6.26. The van der Waals surface area contributed by atoms with E-state index in [-0.39, 0.29) is 17.3 Å². The molecule has 0 bridgehead atoms. The Hall–Kier alpha value is -1.89. The number of nitrogens with zero attached hydrogens (tertiary/aromatic N) is 2. The normalized spacial score (nSPS) is 19.0. The van der Waals surface area contributed by atoms with Crippen LogP contribution < -0.4 is 15.4 Å². The minimum Gasteiger partial charge on any atom is -0.484 e. The second kappa shape index (κ2) is 10.2. The summed E-state index contributed by atoms with van der Waals surface area (Å²) in [6, 6.07) is 8.34. The second-order valence-electron chi connectivity index (χ2n) is 8.29. The van der Waals surface area contributed by atoms with Crippen LogP contribution in [0.2, 0.25) is 0 Å². The Balaban J connectivity index is 1.46. The molecule has 1 heterocycles. The van der Waals surface area contributed by atoms with Crippen molar-refractivity contribution in [1.29, 1.82) is 0 Å². The molecule has 1 aliphatic carbocycles. The smallest absolute Gasteiger partial charge is 0.258 e. The molecule has 1 aromatic carbocycles. The molecule has 1 aliphatic heterocycles. The van der Waals surface area contributed by atoms with Gasteiger partial charge >= 0.3 is 0 Å². The van der Waals surface area contributed by atoms with E-state index in [9.17, 15) is 4.79 Å². The van der Waals surface area contributed by atoms with Crippen LogP contribution >= 0.6 is 11.8 Å². The summed E-state index contributed by atoms with van der Waals surface area (Å²) in [5, 5.41) is 6.37. The zero-order valence-corrected chi connectivity index (χ0v) is 18.7. The van der Waals surface area contributed by atoms with Gasteiger partial charge in [0.05, 0.1) is 0 Å². The van der Waals surface area contributed by atoms with Crippen molar-refractivity contribution in [2.24, 2.45) is 4.99 Å². The van der Waals surface area contributed by atoms with Crippen molar-refractivity contribution < 1.29 is 9.53 Å². The Bertz CT molecular complexity index is 701. The lowest BCUT2D eigenvalue weighted by molar-refractivity contribution is -0.123. The van der Waals surface area contributed by atoms with Crippen molar-refractivity contribution in [3.63, 3.8) is 0 Å². The maximum atomic E-state index is 11.7. The first-order chi connectivity index (χ1) is 13.9. The summed E-state index contributed by atoms with van der Waals surface area (Å²) < 4.78 is 5.83. The molecule has 1 amide bonds. The SMILES string of the molecule is CCNC(=NCCc1ccc(OCC(=O)NC2CC2)cc1)N1CCSC(C)(C)C1. The highest BCUT2D eigenvalue weighted by molar-refractivity contribution is 8.00. The first kappa shape index (κ1) is 21.8. The van der Waals surface area contributed by atoms with E-state index in [1.165, 1.54) is 5.56 Å². The Morgan fingerprint density at radius 3 is 2.72 bits per heavy atom. The van der Waals surface area contributed by atoms with Gasteiger partial charge in [-0.05, 0) is 57.7 Å². The van der Waals surface area contributed by atoms with Crippen molar-refractivity contribution in [3.05, 3.63) is 29.8 Å². The van der Waals surface area contributed by atoms with Crippen LogP contribution in [0.3, 0.4) is 0 Å². The van der Waals surface area contributed by atoms with Gasteiger partial charge in [-0.2, -0.15) is 11.8 Å². The fourth-order valence-electron chi connectivity index (χ4n) is 3.31. The number of guanidine groups is 1. The van der Waals surface area contributed by atoms with Crippen LogP contribution in [0.1, 0.15) is 39.2 Å². The van der Waals surface area contributed by atoms with Gasteiger partial charge in [0.25, 0.3) is 5.91 Å². The first-order valence-corrected chi connectivity index (χ1v) is 11.6. The Morgan fingerprint density at radius 2 is 2.07 bits per heavy atom. The molecule has 29 heavy (non-hydrogen) atoms. The summed E-state index contributed by atoms with van der Waals surface area (Å²) in [6.07, 6.45) is 3.06. The standard InChI is InChI=1S/C22H34N4O2S/c1-4-23-21(26-13-14-29-22(2,3)16-26)24-12-11-17-5-9-19(10-6-17)28-15-20(27)25-18-7-8-18/h5-6,9-10,18H,4,7-8,11-16H2,1-3H3,(H,23,24)(H,25,27). The molecule has 1 aromatic rings. The molecule has 0 aromatic heterocycles. The minimum atomic E-state index is -0.0406. The second-order valence-corrected chi connectivity index (χ2v) is 10.1. The minimum absolute atomic E-state index is 0.0406. The molecule has 0 atom stereocenters. The predicted octanol–water partition coefficient (Wildman–Crippen LogP) is 2.68. The lowest BCUT2D eigenvalue weighted by Crippen LogP contribution is -2.51. The predicted molar refractivity (Wildman–Crippen MR) is 121 cm³/mol. The summed E-state index contributed by atoms with van der Waals surface area (Å²) in [5.41, 5.74) is 1.22. The third kappa shape index (κ3) is 7.46. The molecule has 0 unspecified atom stereocenters. The molecule has 2 aliphatic rings. The fourth-order valence-corrected chi connectivity index (χ4v) is 4.42. The van der Waals surface area contributed by atoms with E-state index >= 15 is 0 Å². The number of thioether (sulfide) groups is 1. The summed E-state index contributed by atoms with van der Waals surface area (Å²) >= 11 is 2.03. The first-order valence-electron chi connectivity index (χ1n) is 10.6. The molecule has 6 nitrogen and oxygen atoms in total. The van der Waals surface area contributed by atoms with Gasteiger partial charge < -0.3 is 20.3 Å². The van der Waals surface area contributed by atoms with E-state index in [1.807, 2.05) is 23.9 Å². The van der Waals surface area contributed by atoms with E-state index in [2.05, 4.69) is 48.4 Å². The van der Waals surface area contributed by atoms with Crippen LogP contribution in [0, 0.1) is 0 Å². The Kier molecular flexibility index (Phi) is 7.70. The van der Waals surface area contributed by atoms with Gasteiger partial charge in [0, 0.05) is 42.7 Å². The molecule has 0 radical (unpaired) electrons.